The average Bonchev–Trinajstić information content (AvgIpc) is 2.58. The maximum atomic E-state index is 12.7. The highest BCUT2D eigenvalue weighted by molar-refractivity contribution is 8.00. The fraction of sp³-hybridized carbons (Fsp3) is 0.571. The molecule has 0 unspecified atom stereocenters. The molecule has 0 aliphatic heterocycles. The van der Waals surface area contributed by atoms with Gasteiger partial charge in [0.2, 0.25) is 5.91 Å². The first-order valence-corrected chi connectivity index (χ1v) is 10.6. The number of thioether (sulfide) groups is 1. The molecule has 0 bridgehead atoms. The van der Waals surface area contributed by atoms with Gasteiger partial charge in [0.05, 0.1) is 11.3 Å². The monoisotopic (exact) mass is 408 g/mol. The van der Waals surface area contributed by atoms with Crippen LogP contribution in [0.3, 0.4) is 0 Å². The van der Waals surface area contributed by atoms with Gasteiger partial charge in [0.25, 0.3) is 5.91 Å². The molecule has 1 rings (SSSR count). The summed E-state index contributed by atoms with van der Waals surface area (Å²) in [6.45, 7) is 13.1. The highest BCUT2D eigenvalue weighted by Crippen LogP contribution is 2.24. The summed E-state index contributed by atoms with van der Waals surface area (Å²) in [6.07, 6.45) is -0.889. The minimum atomic E-state index is -0.889. The predicted molar refractivity (Wildman–Crippen MR) is 112 cm³/mol. The number of carbonyl (C=O) groups is 3. The van der Waals surface area contributed by atoms with E-state index in [0.29, 0.717) is 10.5 Å². The Labute approximate surface area is 172 Å². The molecule has 1 atom stereocenters. The van der Waals surface area contributed by atoms with E-state index in [1.165, 1.54) is 11.8 Å². The lowest BCUT2D eigenvalue weighted by molar-refractivity contribution is -0.143. The van der Waals surface area contributed by atoms with Crippen molar-refractivity contribution in [2.75, 3.05) is 5.75 Å². The molecule has 1 aromatic carbocycles. The van der Waals surface area contributed by atoms with Crippen molar-refractivity contribution < 1.29 is 19.1 Å². The van der Waals surface area contributed by atoms with Gasteiger partial charge in [-0.2, -0.15) is 0 Å². The Bertz CT molecular complexity index is 681. The number of rotatable bonds is 9. The minimum absolute atomic E-state index is 0.0102. The molecule has 7 heteroatoms. The van der Waals surface area contributed by atoms with Crippen LogP contribution < -0.4 is 5.32 Å². The van der Waals surface area contributed by atoms with Crippen LogP contribution in [0, 0.1) is 0 Å². The highest BCUT2D eigenvalue weighted by Gasteiger charge is 2.28. The molecule has 0 aromatic heterocycles. The first-order chi connectivity index (χ1) is 13.0. The average molecular weight is 409 g/mol. The first kappa shape index (κ1) is 24.0. The third kappa shape index (κ3) is 7.19. The van der Waals surface area contributed by atoms with Crippen LogP contribution in [0.4, 0.5) is 0 Å². The fourth-order valence-corrected chi connectivity index (χ4v) is 3.71. The lowest BCUT2D eigenvalue weighted by Gasteiger charge is -2.32. The maximum absolute atomic E-state index is 12.7. The second kappa shape index (κ2) is 11.1. The standard InChI is InChI=1S/C21H32N2O4S/c1-13(2)22-19(24)12-28-18-11-9-8-10-17(18)21(26)27-16(7)20(25)23(14(3)4)15(5)6/h8-11,13-16H,12H2,1-7H3,(H,22,24)/t16-/m0/s1. The van der Waals surface area contributed by atoms with Crippen LogP contribution >= 0.6 is 11.8 Å². The number of benzene rings is 1. The van der Waals surface area contributed by atoms with Gasteiger partial charge < -0.3 is 15.0 Å². The van der Waals surface area contributed by atoms with Gasteiger partial charge in [-0.1, -0.05) is 12.1 Å². The number of hydrogen-bond donors (Lipinski definition) is 1. The molecule has 156 valence electrons. The molecule has 0 radical (unpaired) electrons. The van der Waals surface area contributed by atoms with E-state index in [-0.39, 0.29) is 35.7 Å². The SMILES string of the molecule is CC(C)NC(=O)CSc1ccccc1C(=O)O[C@@H](C)C(=O)N(C(C)C)C(C)C. The Balaban J connectivity index is 2.84. The Morgan fingerprint density at radius 3 is 2.11 bits per heavy atom. The van der Waals surface area contributed by atoms with E-state index in [2.05, 4.69) is 5.32 Å². The van der Waals surface area contributed by atoms with E-state index >= 15 is 0 Å². The van der Waals surface area contributed by atoms with E-state index < -0.39 is 12.1 Å². The second-order valence-electron chi connectivity index (χ2n) is 7.49. The predicted octanol–water partition coefficient (Wildman–Crippen LogP) is 3.49. The van der Waals surface area contributed by atoms with Gasteiger partial charge in [0.15, 0.2) is 6.10 Å². The second-order valence-corrected chi connectivity index (χ2v) is 8.50. The zero-order valence-corrected chi connectivity index (χ0v) is 18.6. The smallest absolute Gasteiger partial charge is 0.340 e. The van der Waals surface area contributed by atoms with Gasteiger partial charge >= 0.3 is 5.97 Å². The molecule has 1 aromatic rings. The third-order valence-corrected chi connectivity index (χ3v) is 4.99. The number of nitrogens with one attached hydrogen (secondary N) is 1. The van der Waals surface area contributed by atoms with Crippen molar-refractivity contribution in [2.45, 2.75) is 77.6 Å². The normalized spacial score (nSPS) is 12.2. The van der Waals surface area contributed by atoms with Gasteiger partial charge in [-0.3, -0.25) is 9.59 Å². The van der Waals surface area contributed by atoms with Gasteiger partial charge in [-0.25, -0.2) is 4.79 Å². The molecule has 0 fully saturated rings. The lowest BCUT2D eigenvalue weighted by Crippen LogP contribution is -2.47. The van der Waals surface area contributed by atoms with Crippen LogP contribution in [0.25, 0.3) is 0 Å². The van der Waals surface area contributed by atoms with Crippen LogP contribution in [-0.4, -0.2) is 52.7 Å². The van der Waals surface area contributed by atoms with Crippen LogP contribution in [0.15, 0.2) is 29.2 Å². The molecule has 0 heterocycles. The van der Waals surface area contributed by atoms with Crippen LogP contribution in [0.5, 0.6) is 0 Å². The summed E-state index contributed by atoms with van der Waals surface area (Å²) in [5, 5.41) is 2.82. The van der Waals surface area contributed by atoms with E-state index in [1.807, 2.05) is 41.5 Å². The van der Waals surface area contributed by atoms with Crippen molar-refractivity contribution in [3.63, 3.8) is 0 Å². The first-order valence-electron chi connectivity index (χ1n) is 9.58. The molecule has 6 nitrogen and oxygen atoms in total. The topological polar surface area (TPSA) is 75.7 Å². The summed E-state index contributed by atoms with van der Waals surface area (Å²) in [4.78, 5) is 39.6. The molecular formula is C21H32N2O4S. The number of esters is 1. The summed E-state index contributed by atoms with van der Waals surface area (Å²) in [6, 6.07) is 7.02. The zero-order valence-electron chi connectivity index (χ0n) is 17.8. The number of amides is 2. The van der Waals surface area contributed by atoms with E-state index in [9.17, 15) is 14.4 Å². The molecule has 0 aliphatic rings. The van der Waals surface area contributed by atoms with E-state index in [0.717, 1.165) is 0 Å². The van der Waals surface area contributed by atoms with Gasteiger partial charge in [-0.15, -0.1) is 11.8 Å². The molecule has 0 saturated carbocycles. The quantitative estimate of drug-likeness (QED) is 0.500. The molecular weight excluding hydrogens is 376 g/mol. The van der Waals surface area contributed by atoms with Crippen LogP contribution in [0.2, 0.25) is 0 Å². The molecule has 1 N–H and O–H groups in total. The van der Waals surface area contributed by atoms with Crippen molar-refractivity contribution in [3.8, 4) is 0 Å². The van der Waals surface area contributed by atoms with E-state index in [4.69, 9.17) is 4.74 Å². The van der Waals surface area contributed by atoms with Crippen molar-refractivity contribution in [3.05, 3.63) is 29.8 Å². The number of carbonyl (C=O) groups excluding carboxylic acids is 3. The number of hydrogen-bond acceptors (Lipinski definition) is 5. The van der Waals surface area contributed by atoms with Crippen LogP contribution in [-0.2, 0) is 14.3 Å². The number of nitrogens with zero attached hydrogens (tertiary/aromatic N) is 1. The summed E-state index contributed by atoms with van der Waals surface area (Å²) in [5.74, 6) is -0.692. The van der Waals surface area contributed by atoms with E-state index in [1.54, 1.807) is 36.1 Å². The Morgan fingerprint density at radius 1 is 1.00 bits per heavy atom. The lowest BCUT2D eigenvalue weighted by atomic mass is 10.2. The summed E-state index contributed by atoms with van der Waals surface area (Å²) in [5.41, 5.74) is 0.352. The molecule has 0 aliphatic carbocycles. The Hall–Kier alpha value is -2.02. The molecule has 28 heavy (non-hydrogen) atoms. The molecule has 2 amide bonds. The summed E-state index contributed by atoms with van der Waals surface area (Å²) in [7, 11) is 0. The highest BCUT2D eigenvalue weighted by atomic mass is 32.2. The molecule has 0 spiro atoms. The maximum Gasteiger partial charge on any atom is 0.340 e. The van der Waals surface area contributed by atoms with Crippen molar-refractivity contribution in [1.29, 1.82) is 0 Å². The Morgan fingerprint density at radius 2 is 1.57 bits per heavy atom. The van der Waals surface area contributed by atoms with Crippen LogP contribution in [0.1, 0.15) is 58.8 Å². The zero-order chi connectivity index (χ0) is 21.4. The van der Waals surface area contributed by atoms with Gasteiger partial charge in [0, 0.05) is 23.0 Å². The van der Waals surface area contributed by atoms with Crippen molar-refractivity contribution in [2.24, 2.45) is 0 Å². The summed E-state index contributed by atoms with van der Waals surface area (Å²) < 4.78 is 5.45. The summed E-state index contributed by atoms with van der Waals surface area (Å²) >= 11 is 1.27. The Kier molecular flexibility index (Phi) is 9.52. The number of ether oxygens (including phenoxy) is 1. The largest absolute Gasteiger partial charge is 0.449 e. The van der Waals surface area contributed by atoms with Crippen molar-refractivity contribution in [1.82, 2.24) is 10.2 Å². The van der Waals surface area contributed by atoms with Gasteiger partial charge in [-0.05, 0) is 60.6 Å². The minimum Gasteiger partial charge on any atom is -0.449 e. The molecule has 0 saturated heterocycles. The third-order valence-electron chi connectivity index (χ3n) is 3.91. The van der Waals surface area contributed by atoms with Crippen molar-refractivity contribution >= 4 is 29.5 Å². The fourth-order valence-electron chi connectivity index (χ4n) is 2.86. The van der Waals surface area contributed by atoms with Gasteiger partial charge in [0.1, 0.15) is 0 Å².